The van der Waals surface area contributed by atoms with Crippen LogP contribution >= 0.6 is 0 Å². The van der Waals surface area contributed by atoms with Gasteiger partial charge in [-0.25, -0.2) is 14.4 Å². The number of amides is 1. The number of anilines is 2. The number of aryl methyl sites for hydroxylation is 1. The van der Waals surface area contributed by atoms with Gasteiger partial charge in [0, 0.05) is 36.7 Å². The molecule has 1 aromatic heterocycles. The fourth-order valence-electron chi connectivity index (χ4n) is 3.62. The minimum atomic E-state index is -0.269. The molecule has 1 aliphatic heterocycles. The van der Waals surface area contributed by atoms with Crippen molar-refractivity contribution < 1.29 is 9.18 Å². The van der Waals surface area contributed by atoms with Gasteiger partial charge in [-0.2, -0.15) is 0 Å². The molecule has 0 saturated carbocycles. The maximum Gasteiger partial charge on any atom is 0.229 e. The van der Waals surface area contributed by atoms with Crippen molar-refractivity contribution in [2.45, 2.75) is 19.8 Å². The van der Waals surface area contributed by atoms with Crippen molar-refractivity contribution in [2.24, 2.45) is 5.92 Å². The molecule has 29 heavy (non-hydrogen) atoms. The molecular weight excluding hydrogens is 367 g/mol. The van der Waals surface area contributed by atoms with Crippen LogP contribution in [-0.4, -0.2) is 29.0 Å². The van der Waals surface area contributed by atoms with Gasteiger partial charge in [-0.1, -0.05) is 24.3 Å². The minimum absolute atomic E-state index is 0.0308. The first-order valence-corrected chi connectivity index (χ1v) is 9.79. The number of rotatable bonds is 4. The van der Waals surface area contributed by atoms with Crippen LogP contribution in [-0.2, 0) is 4.79 Å². The molecule has 4 rings (SSSR count). The van der Waals surface area contributed by atoms with Crippen LogP contribution in [0.1, 0.15) is 18.4 Å². The molecule has 6 heteroatoms. The number of nitrogens with zero attached hydrogens (tertiary/aromatic N) is 3. The molecule has 2 aromatic carbocycles. The second kappa shape index (κ2) is 8.39. The Morgan fingerprint density at radius 3 is 2.59 bits per heavy atom. The number of carbonyl (C=O) groups is 1. The van der Waals surface area contributed by atoms with Crippen molar-refractivity contribution in [3.05, 3.63) is 72.3 Å². The molecule has 1 fully saturated rings. The van der Waals surface area contributed by atoms with E-state index in [1.165, 1.54) is 12.1 Å². The first-order chi connectivity index (χ1) is 14.1. The maximum absolute atomic E-state index is 13.1. The Labute approximate surface area is 169 Å². The quantitative estimate of drug-likeness (QED) is 0.715. The van der Waals surface area contributed by atoms with E-state index in [1.54, 1.807) is 24.5 Å². The van der Waals surface area contributed by atoms with Crippen molar-refractivity contribution in [2.75, 3.05) is 23.3 Å². The summed E-state index contributed by atoms with van der Waals surface area (Å²) >= 11 is 0. The second-order valence-electron chi connectivity index (χ2n) is 7.42. The number of piperidine rings is 1. The fourth-order valence-corrected chi connectivity index (χ4v) is 3.62. The molecule has 1 N–H and O–H groups in total. The van der Waals surface area contributed by atoms with Gasteiger partial charge < -0.3 is 10.2 Å². The summed E-state index contributed by atoms with van der Waals surface area (Å²) < 4.78 is 13.1. The summed E-state index contributed by atoms with van der Waals surface area (Å²) in [5, 5.41) is 3.02. The van der Waals surface area contributed by atoms with Crippen LogP contribution in [0, 0.1) is 18.7 Å². The number of hydrogen-bond donors (Lipinski definition) is 1. The molecule has 0 radical (unpaired) electrons. The molecule has 1 amide bonds. The van der Waals surface area contributed by atoms with Crippen LogP contribution in [0.5, 0.6) is 0 Å². The highest BCUT2D eigenvalue weighted by molar-refractivity contribution is 5.93. The van der Waals surface area contributed by atoms with E-state index in [4.69, 9.17) is 0 Å². The zero-order chi connectivity index (χ0) is 20.2. The molecule has 1 aliphatic rings. The number of carbonyl (C=O) groups excluding carboxylic acids is 1. The Kier molecular flexibility index (Phi) is 5.51. The first-order valence-electron chi connectivity index (χ1n) is 9.79. The van der Waals surface area contributed by atoms with Gasteiger partial charge in [0.2, 0.25) is 11.9 Å². The van der Waals surface area contributed by atoms with Crippen LogP contribution in [0.15, 0.2) is 60.9 Å². The number of benzene rings is 2. The lowest BCUT2D eigenvalue weighted by atomic mass is 9.97. The third kappa shape index (κ3) is 4.59. The Morgan fingerprint density at radius 1 is 1.10 bits per heavy atom. The van der Waals surface area contributed by atoms with Gasteiger partial charge in [0.15, 0.2) is 0 Å². The highest BCUT2D eigenvalue weighted by Crippen LogP contribution is 2.24. The summed E-state index contributed by atoms with van der Waals surface area (Å²) in [7, 11) is 0. The Bertz CT molecular complexity index is 989. The smallest absolute Gasteiger partial charge is 0.229 e. The maximum atomic E-state index is 13.1. The van der Waals surface area contributed by atoms with E-state index >= 15 is 0 Å². The average Bonchev–Trinajstić information content (AvgIpc) is 2.74. The molecule has 1 atom stereocenters. The lowest BCUT2D eigenvalue weighted by molar-refractivity contribution is -0.120. The molecular formula is C23H23FN4O. The molecule has 0 unspecified atom stereocenters. The Morgan fingerprint density at radius 2 is 1.86 bits per heavy atom. The Balaban J connectivity index is 1.42. The van der Waals surface area contributed by atoms with Gasteiger partial charge in [0.1, 0.15) is 5.82 Å². The minimum Gasteiger partial charge on any atom is -0.340 e. The van der Waals surface area contributed by atoms with Crippen molar-refractivity contribution >= 4 is 17.5 Å². The highest BCUT2D eigenvalue weighted by Gasteiger charge is 2.27. The normalized spacial score (nSPS) is 16.5. The van der Waals surface area contributed by atoms with Crippen molar-refractivity contribution in [3.63, 3.8) is 0 Å². The topological polar surface area (TPSA) is 58.1 Å². The van der Waals surface area contributed by atoms with Gasteiger partial charge >= 0.3 is 0 Å². The molecule has 1 saturated heterocycles. The molecule has 2 heterocycles. The highest BCUT2D eigenvalue weighted by atomic mass is 19.1. The summed E-state index contributed by atoms with van der Waals surface area (Å²) in [6, 6.07) is 14.1. The van der Waals surface area contributed by atoms with E-state index in [2.05, 4.69) is 20.2 Å². The largest absolute Gasteiger partial charge is 0.340 e. The van der Waals surface area contributed by atoms with Crippen LogP contribution in [0.3, 0.4) is 0 Å². The van der Waals surface area contributed by atoms with E-state index in [0.717, 1.165) is 41.8 Å². The Hall–Kier alpha value is -3.28. The second-order valence-corrected chi connectivity index (χ2v) is 7.42. The lowest BCUT2D eigenvalue weighted by Crippen LogP contribution is -2.41. The first kappa shape index (κ1) is 19.1. The van der Waals surface area contributed by atoms with Gasteiger partial charge in [0.25, 0.3) is 0 Å². The van der Waals surface area contributed by atoms with Crippen molar-refractivity contribution in [1.29, 1.82) is 0 Å². The summed E-state index contributed by atoms with van der Waals surface area (Å²) in [4.78, 5) is 23.7. The summed E-state index contributed by atoms with van der Waals surface area (Å²) in [5.74, 6) is 0.270. The van der Waals surface area contributed by atoms with E-state index in [-0.39, 0.29) is 17.6 Å². The molecule has 3 aromatic rings. The molecule has 5 nitrogen and oxygen atoms in total. The van der Waals surface area contributed by atoms with E-state index in [9.17, 15) is 9.18 Å². The summed E-state index contributed by atoms with van der Waals surface area (Å²) in [6.07, 6.45) is 5.24. The van der Waals surface area contributed by atoms with Gasteiger partial charge in [-0.3, -0.25) is 4.79 Å². The third-order valence-corrected chi connectivity index (χ3v) is 5.18. The monoisotopic (exact) mass is 390 g/mol. The predicted molar refractivity (Wildman–Crippen MR) is 112 cm³/mol. The van der Waals surface area contributed by atoms with E-state index in [1.807, 2.05) is 31.2 Å². The zero-order valence-electron chi connectivity index (χ0n) is 16.3. The van der Waals surface area contributed by atoms with Crippen molar-refractivity contribution in [3.8, 4) is 11.1 Å². The number of hydrogen-bond acceptors (Lipinski definition) is 4. The lowest BCUT2D eigenvalue weighted by Gasteiger charge is -2.32. The number of aromatic nitrogens is 2. The zero-order valence-corrected chi connectivity index (χ0v) is 16.3. The molecule has 0 aliphatic carbocycles. The standard InChI is InChI=1S/C23H23FN4O/c1-16-4-2-6-21(12-16)27-22(29)18-5-3-11-28(15-18)23-25-13-19(14-26-23)17-7-9-20(24)10-8-17/h2,4,6-10,12-14,18H,3,5,11,15H2,1H3,(H,27,29)/t18-/m1/s1. The molecule has 0 spiro atoms. The van der Waals surface area contributed by atoms with Gasteiger partial charge in [0.05, 0.1) is 5.92 Å². The third-order valence-electron chi connectivity index (χ3n) is 5.18. The summed E-state index contributed by atoms with van der Waals surface area (Å²) in [5.41, 5.74) is 3.64. The number of halogens is 1. The van der Waals surface area contributed by atoms with Gasteiger partial charge in [-0.15, -0.1) is 0 Å². The number of nitrogens with one attached hydrogen (secondary N) is 1. The molecule has 148 valence electrons. The SMILES string of the molecule is Cc1cccc(NC(=O)[C@@H]2CCCN(c3ncc(-c4ccc(F)cc4)cn3)C2)c1. The summed E-state index contributed by atoms with van der Waals surface area (Å²) in [6.45, 7) is 3.42. The van der Waals surface area contributed by atoms with E-state index < -0.39 is 0 Å². The van der Waals surface area contributed by atoms with E-state index in [0.29, 0.717) is 12.5 Å². The van der Waals surface area contributed by atoms with Gasteiger partial charge in [-0.05, 0) is 55.2 Å². The van der Waals surface area contributed by atoms with Crippen LogP contribution in [0.4, 0.5) is 16.0 Å². The molecule has 0 bridgehead atoms. The predicted octanol–water partition coefficient (Wildman–Crippen LogP) is 4.45. The van der Waals surface area contributed by atoms with Crippen LogP contribution < -0.4 is 10.2 Å². The van der Waals surface area contributed by atoms with Crippen LogP contribution in [0.2, 0.25) is 0 Å². The average molecular weight is 390 g/mol. The van der Waals surface area contributed by atoms with Crippen LogP contribution in [0.25, 0.3) is 11.1 Å². The fraction of sp³-hybridized carbons (Fsp3) is 0.261. The van der Waals surface area contributed by atoms with Crippen molar-refractivity contribution in [1.82, 2.24) is 9.97 Å².